The van der Waals surface area contributed by atoms with Crippen LogP contribution in [0.15, 0.2) is 48.7 Å². The first kappa shape index (κ1) is 15.9. The molecule has 1 aliphatic heterocycles. The standard InChI is InChI=1S/C16H15N3O2S2/c20-14(11-4-2-1-3-5-11)19-13-7-6-12(10-17-13)18-15(21)16-22-8-9-23-16/h1-7,10,16H,8-9H2,(H,18,21)(H,17,19,20). The van der Waals surface area contributed by atoms with E-state index in [0.29, 0.717) is 17.1 Å². The van der Waals surface area contributed by atoms with Gasteiger partial charge in [0.2, 0.25) is 5.91 Å². The van der Waals surface area contributed by atoms with Gasteiger partial charge in [-0.25, -0.2) is 4.98 Å². The van der Waals surface area contributed by atoms with Gasteiger partial charge in [0.1, 0.15) is 10.4 Å². The molecule has 0 radical (unpaired) electrons. The maximum absolute atomic E-state index is 12.0. The van der Waals surface area contributed by atoms with Crippen LogP contribution in [0.1, 0.15) is 10.4 Å². The van der Waals surface area contributed by atoms with E-state index in [4.69, 9.17) is 0 Å². The first-order valence-electron chi connectivity index (χ1n) is 7.09. The zero-order valence-corrected chi connectivity index (χ0v) is 13.8. The smallest absolute Gasteiger partial charge is 0.256 e. The highest BCUT2D eigenvalue weighted by atomic mass is 32.2. The van der Waals surface area contributed by atoms with Crippen LogP contribution in [0, 0.1) is 0 Å². The van der Waals surface area contributed by atoms with Crippen molar-refractivity contribution in [1.82, 2.24) is 4.98 Å². The van der Waals surface area contributed by atoms with Gasteiger partial charge in [-0.15, -0.1) is 23.5 Å². The minimum Gasteiger partial charge on any atom is -0.323 e. The van der Waals surface area contributed by atoms with Crippen molar-refractivity contribution in [2.75, 3.05) is 22.1 Å². The molecule has 0 spiro atoms. The molecule has 2 aromatic rings. The van der Waals surface area contributed by atoms with Gasteiger partial charge < -0.3 is 10.6 Å². The molecule has 1 fully saturated rings. The van der Waals surface area contributed by atoms with E-state index in [-0.39, 0.29) is 16.4 Å². The van der Waals surface area contributed by atoms with Gasteiger partial charge in [-0.3, -0.25) is 9.59 Å². The van der Waals surface area contributed by atoms with Crippen LogP contribution in [0.25, 0.3) is 0 Å². The minimum absolute atomic E-state index is 0.0135. The average Bonchev–Trinajstić information content (AvgIpc) is 3.12. The number of hydrogen-bond acceptors (Lipinski definition) is 5. The fraction of sp³-hybridized carbons (Fsp3) is 0.188. The number of hydrogen-bond donors (Lipinski definition) is 2. The molecular formula is C16H15N3O2S2. The van der Waals surface area contributed by atoms with Crippen molar-refractivity contribution in [3.8, 4) is 0 Å². The third-order valence-electron chi connectivity index (χ3n) is 3.14. The third kappa shape index (κ3) is 4.27. The number of nitrogens with one attached hydrogen (secondary N) is 2. The molecule has 3 rings (SSSR count). The predicted octanol–water partition coefficient (Wildman–Crippen LogP) is 3.08. The Morgan fingerprint density at radius 1 is 1.00 bits per heavy atom. The molecule has 5 nitrogen and oxygen atoms in total. The van der Waals surface area contributed by atoms with Gasteiger partial charge in [-0.2, -0.15) is 0 Å². The van der Waals surface area contributed by atoms with Gasteiger partial charge in [0.15, 0.2) is 0 Å². The Hall–Kier alpha value is -1.99. The van der Waals surface area contributed by atoms with E-state index in [1.165, 1.54) is 0 Å². The largest absolute Gasteiger partial charge is 0.323 e. The van der Waals surface area contributed by atoms with E-state index in [9.17, 15) is 9.59 Å². The summed E-state index contributed by atoms with van der Waals surface area (Å²) >= 11 is 3.30. The van der Waals surface area contributed by atoms with E-state index < -0.39 is 0 Å². The molecule has 118 valence electrons. The molecule has 7 heteroatoms. The molecule has 0 unspecified atom stereocenters. The third-order valence-corrected chi connectivity index (χ3v) is 6.13. The second kappa shape index (κ2) is 7.52. The number of aromatic nitrogens is 1. The van der Waals surface area contributed by atoms with Crippen LogP contribution < -0.4 is 10.6 Å². The molecule has 1 aromatic heterocycles. The zero-order valence-electron chi connectivity index (χ0n) is 12.2. The number of carbonyl (C=O) groups is 2. The summed E-state index contributed by atoms with van der Waals surface area (Å²) in [5, 5.41) is 5.56. The second-order valence-corrected chi connectivity index (χ2v) is 7.54. The molecule has 0 saturated carbocycles. The van der Waals surface area contributed by atoms with Gasteiger partial charge in [-0.1, -0.05) is 18.2 Å². The molecule has 23 heavy (non-hydrogen) atoms. The van der Waals surface area contributed by atoms with Gasteiger partial charge in [0.25, 0.3) is 5.91 Å². The van der Waals surface area contributed by atoms with Crippen LogP contribution in [-0.2, 0) is 4.79 Å². The summed E-state index contributed by atoms with van der Waals surface area (Å²) in [6.45, 7) is 0. The molecular weight excluding hydrogens is 330 g/mol. The number of thioether (sulfide) groups is 2. The highest BCUT2D eigenvalue weighted by Crippen LogP contribution is 2.32. The summed E-state index contributed by atoms with van der Waals surface area (Å²) < 4.78 is -0.0486. The molecule has 0 atom stereocenters. The second-order valence-electron chi connectivity index (χ2n) is 4.82. The Balaban J connectivity index is 1.58. The Morgan fingerprint density at radius 2 is 1.74 bits per heavy atom. The maximum Gasteiger partial charge on any atom is 0.256 e. The first-order chi connectivity index (χ1) is 11.2. The van der Waals surface area contributed by atoms with Crippen LogP contribution in [0.2, 0.25) is 0 Å². The highest BCUT2D eigenvalue weighted by molar-refractivity contribution is 8.21. The van der Waals surface area contributed by atoms with Gasteiger partial charge in [0.05, 0.1) is 11.9 Å². The fourth-order valence-electron chi connectivity index (χ4n) is 2.03. The van der Waals surface area contributed by atoms with Crippen molar-refractivity contribution >= 4 is 46.8 Å². The monoisotopic (exact) mass is 345 g/mol. The van der Waals surface area contributed by atoms with Crippen molar-refractivity contribution < 1.29 is 9.59 Å². The fourth-order valence-corrected chi connectivity index (χ4v) is 4.61. The molecule has 1 aliphatic rings. The molecule has 2 heterocycles. The van der Waals surface area contributed by atoms with Gasteiger partial charge in [0, 0.05) is 17.1 Å². The molecule has 2 amide bonds. The predicted molar refractivity (Wildman–Crippen MR) is 96.0 cm³/mol. The Kier molecular flexibility index (Phi) is 5.19. The van der Waals surface area contributed by atoms with Crippen LogP contribution in [0.4, 0.5) is 11.5 Å². The number of nitrogens with zero attached hydrogens (tertiary/aromatic N) is 1. The lowest BCUT2D eigenvalue weighted by atomic mass is 10.2. The number of anilines is 2. The van der Waals surface area contributed by atoms with Crippen molar-refractivity contribution in [2.45, 2.75) is 4.58 Å². The van der Waals surface area contributed by atoms with Crippen LogP contribution in [0.3, 0.4) is 0 Å². The number of rotatable bonds is 4. The minimum atomic E-state index is -0.214. The number of carbonyl (C=O) groups excluding carboxylic acids is 2. The molecule has 2 N–H and O–H groups in total. The first-order valence-corrected chi connectivity index (χ1v) is 9.19. The van der Waals surface area contributed by atoms with Gasteiger partial charge in [-0.05, 0) is 24.3 Å². The normalized spacial score (nSPS) is 14.4. The van der Waals surface area contributed by atoms with E-state index in [1.807, 2.05) is 6.07 Å². The van der Waals surface area contributed by atoms with E-state index in [0.717, 1.165) is 11.5 Å². The van der Waals surface area contributed by atoms with E-state index in [1.54, 1.807) is 66.1 Å². The molecule has 0 bridgehead atoms. The van der Waals surface area contributed by atoms with E-state index >= 15 is 0 Å². The van der Waals surface area contributed by atoms with Gasteiger partial charge >= 0.3 is 0 Å². The summed E-state index contributed by atoms with van der Waals surface area (Å²) in [6, 6.07) is 12.3. The topological polar surface area (TPSA) is 71.1 Å². The molecule has 0 aliphatic carbocycles. The Bertz CT molecular complexity index is 686. The Labute approximate surface area is 142 Å². The lowest BCUT2D eigenvalue weighted by Crippen LogP contribution is -2.21. The maximum atomic E-state index is 12.0. The summed E-state index contributed by atoms with van der Waals surface area (Å²) in [5.74, 6) is 2.23. The summed E-state index contributed by atoms with van der Waals surface area (Å²) in [4.78, 5) is 28.2. The summed E-state index contributed by atoms with van der Waals surface area (Å²) in [7, 11) is 0. The number of benzene rings is 1. The summed E-state index contributed by atoms with van der Waals surface area (Å²) in [6.07, 6.45) is 1.54. The highest BCUT2D eigenvalue weighted by Gasteiger charge is 2.24. The molecule has 1 saturated heterocycles. The lowest BCUT2D eigenvalue weighted by Gasteiger charge is -2.10. The van der Waals surface area contributed by atoms with E-state index in [2.05, 4.69) is 15.6 Å². The summed E-state index contributed by atoms with van der Waals surface area (Å²) in [5.41, 5.74) is 1.20. The number of amides is 2. The average molecular weight is 345 g/mol. The van der Waals surface area contributed by atoms with Crippen molar-refractivity contribution in [3.63, 3.8) is 0 Å². The number of pyridine rings is 1. The van der Waals surface area contributed by atoms with Crippen molar-refractivity contribution in [1.29, 1.82) is 0 Å². The van der Waals surface area contributed by atoms with Crippen LogP contribution in [-0.4, -0.2) is 32.9 Å². The quantitative estimate of drug-likeness (QED) is 0.891. The lowest BCUT2D eigenvalue weighted by molar-refractivity contribution is -0.114. The van der Waals surface area contributed by atoms with Crippen LogP contribution >= 0.6 is 23.5 Å². The van der Waals surface area contributed by atoms with Crippen molar-refractivity contribution in [3.05, 3.63) is 54.2 Å². The zero-order chi connectivity index (χ0) is 16.1. The SMILES string of the molecule is O=C(Nc1ccc(NC(=O)C2SCCS2)cn1)c1ccccc1. The van der Waals surface area contributed by atoms with Crippen LogP contribution in [0.5, 0.6) is 0 Å². The van der Waals surface area contributed by atoms with Crippen molar-refractivity contribution in [2.24, 2.45) is 0 Å². The Morgan fingerprint density at radius 3 is 2.39 bits per heavy atom. The molecule has 1 aromatic carbocycles.